The first-order valence-corrected chi connectivity index (χ1v) is 23.1. The number of carbonyl (C=O) groups is 3. The van der Waals surface area contributed by atoms with Gasteiger partial charge in [-0.05, 0) is 64.2 Å². The van der Waals surface area contributed by atoms with Crippen molar-refractivity contribution in [1.29, 1.82) is 0 Å². The molecule has 0 bridgehead atoms. The summed E-state index contributed by atoms with van der Waals surface area (Å²) in [5.74, 6) is -2.84. The maximum absolute atomic E-state index is 12.6. The Morgan fingerprint density at radius 1 is 0.623 bits per heavy atom. The second-order valence-electron chi connectivity index (χ2n) is 14.3. The number of esters is 2. The smallest absolute Gasteiger partial charge is 0.472 e. The van der Waals surface area contributed by atoms with E-state index in [0.717, 1.165) is 51.4 Å². The van der Waals surface area contributed by atoms with Crippen LogP contribution in [0.15, 0.2) is 97.2 Å². The lowest BCUT2D eigenvalue weighted by atomic mass is 10.1. The fourth-order valence-electron chi connectivity index (χ4n) is 5.09. The topological polar surface area (TPSA) is 232 Å². The van der Waals surface area contributed by atoms with Crippen molar-refractivity contribution in [1.82, 2.24) is 0 Å². The third-order valence-corrected chi connectivity index (χ3v) is 9.62. The van der Waals surface area contributed by atoms with E-state index in [1.165, 1.54) is 25.3 Å². The van der Waals surface area contributed by atoms with Crippen LogP contribution in [0, 0.1) is 0 Å². The molecule has 346 valence electrons. The predicted molar refractivity (Wildman–Crippen MR) is 239 cm³/mol. The minimum Gasteiger partial charge on any atom is -0.480 e. The Bertz CT molecular complexity index is 1450. The van der Waals surface area contributed by atoms with E-state index in [2.05, 4.69) is 54.8 Å². The fraction of sp³-hybridized carbons (Fsp3) is 0.587. The molecule has 0 aliphatic rings. The molecule has 7 N–H and O–H groups in total. The first-order valence-electron chi connectivity index (χ1n) is 21.6. The third-order valence-electron chi connectivity index (χ3n) is 8.67. The van der Waals surface area contributed by atoms with Crippen molar-refractivity contribution < 1.29 is 62.8 Å². The Balaban J connectivity index is 4.81. The molecule has 0 amide bonds. The summed E-state index contributed by atoms with van der Waals surface area (Å²) in [6.07, 6.45) is 38.5. The minimum absolute atomic E-state index is 0.00593. The molecule has 0 radical (unpaired) electrons. The highest BCUT2D eigenvalue weighted by atomic mass is 31.2. The molecule has 0 saturated carbocycles. The van der Waals surface area contributed by atoms with E-state index in [4.69, 9.17) is 24.8 Å². The molecule has 0 aromatic carbocycles. The molecule has 15 heteroatoms. The van der Waals surface area contributed by atoms with Gasteiger partial charge in [-0.2, -0.15) is 0 Å². The van der Waals surface area contributed by atoms with Crippen LogP contribution < -0.4 is 5.73 Å². The Hall–Kier alpha value is -3.72. The van der Waals surface area contributed by atoms with Gasteiger partial charge in [0.05, 0.1) is 31.5 Å². The molecule has 0 aliphatic carbocycles. The molecule has 6 atom stereocenters. The summed E-state index contributed by atoms with van der Waals surface area (Å²) in [4.78, 5) is 46.0. The zero-order valence-corrected chi connectivity index (χ0v) is 37.2. The van der Waals surface area contributed by atoms with Crippen molar-refractivity contribution in [3.63, 3.8) is 0 Å². The van der Waals surface area contributed by atoms with Gasteiger partial charge in [0.15, 0.2) is 6.10 Å². The van der Waals surface area contributed by atoms with Gasteiger partial charge in [-0.1, -0.05) is 143 Å². The van der Waals surface area contributed by atoms with Crippen LogP contribution in [-0.2, 0) is 37.5 Å². The molecule has 14 nitrogen and oxygen atoms in total. The van der Waals surface area contributed by atoms with Crippen molar-refractivity contribution in [3.8, 4) is 0 Å². The predicted octanol–water partition coefficient (Wildman–Crippen LogP) is 8.19. The van der Waals surface area contributed by atoms with Crippen LogP contribution in [0.25, 0.3) is 0 Å². The molecule has 0 spiro atoms. The first kappa shape index (κ1) is 57.3. The summed E-state index contributed by atoms with van der Waals surface area (Å²) in [6, 6.07) is -1.59. The molecule has 61 heavy (non-hydrogen) atoms. The van der Waals surface area contributed by atoms with E-state index >= 15 is 0 Å². The largest absolute Gasteiger partial charge is 0.480 e. The second-order valence-corrected chi connectivity index (χ2v) is 15.8. The van der Waals surface area contributed by atoms with Gasteiger partial charge in [0, 0.05) is 12.8 Å². The summed E-state index contributed by atoms with van der Waals surface area (Å²) < 4.78 is 32.4. The normalized spacial score (nSPS) is 16.2. The Labute approximate surface area is 363 Å². The van der Waals surface area contributed by atoms with Crippen molar-refractivity contribution in [3.05, 3.63) is 97.2 Å². The van der Waals surface area contributed by atoms with Crippen LogP contribution in [-0.4, -0.2) is 93.5 Å². The van der Waals surface area contributed by atoms with Crippen molar-refractivity contribution >= 4 is 25.7 Å². The number of nitrogens with two attached hydrogens (primary N) is 1. The lowest BCUT2D eigenvalue weighted by Gasteiger charge is -2.20. The van der Waals surface area contributed by atoms with Crippen LogP contribution >= 0.6 is 7.82 Å². The first-order chi connectivity index (χ1) is 29.3. The number of carboxylic acid groups (broad SMARTS) is 1. The van der Waals surface area contributed by atoms with Crippen molar-refractivity contribution in [2.45, 2.75) is 153 Å². The summed E-state index contributed by atoms with van der Waals surface area (Å²) in [5.41, 5.74) is 5.31. The maximum Gasteiger partial charge on any atom is 0.472 e. The van der Waals surface area contributed by atoms with Crippen LogP contribution in [0.4, 0.5) is 0 Å². The highest BCUT2D eigenvalue weighted by Crippen LogP contribution is 2.43. The average molecular weight is 880 g/mol. The molecule has 0 saturated heterocycles. The van der Waals surface area contributed by atoms with Gasteiger partial charge in [-0.15, -0.1) is 0 Å². The number of phosphoric ester groups is 1. The number of allylic oxidation sites excluding steroid dienone is 14. The molecule has 0 rings (SSSR count). The van der Waals surface area contributed by atoms with Crippen LogP contribution in [0.2, 0.25) is 0 Å². The van der Waals surface area contributed by atoms with E-state index < -0.39 is 76.0 Å². The molecule has 0 heterocycles. The van der Waals surface area contributed by atoms with Gasteiger partial charge >= 0.3 is 25.7 Å². The Kier molecular flexibility index (Phi) is 36.8. The fourth-order valence-corrected chi connectivity index (χ4v) is 5.86. The lowest BCUT2D eigenvalue weighted by molar-refractivity contribution is -0.161. The van der Waals surface area contributed by atoms with E-state index in [1.54, 1.807) is 42.5 Å². The number of carboxylic acids is 1. The number of aliphatic carboxylic acids is 1. The molecule has 0 aromatic heterocycles. The molecule has 0 fully saturated rings. The summed E-state index contributed by atoms with van der Waals surface area (Å²) >= 11 is 0. The molecule has 0 aromatic rings. The number of aliphatic hydroxyl groups excluding tert-OH is 3. The maximum atomic E-state index is 12.6. The quantitative estimate of drug-likeness (QED) is 0.0113. The zero-order chi connectivity index (χ0) is 45.4. The SMILES string of the molecule is CCCCC/C=C\C/C=C\C/C=C\C/C=C\CCCC(=O)O[C@H](COC(=O)CCC[C@@H](O)[C@H](O)/C=C/C=C/C=C\C=C\[C@H](O)CCCCC)COP(=O)(O)OC[C@H](N)C(=O)O. The van der Waals surface area contributed by atoms with Gasteiger partial charge in [0.25, 0.3) is 0 Å². The number of phosphoric acid groups is 1. The van der Waals surface area contributed by atoms with Crippen LogP contribution in [0.3, 0.4) is 0 Å². The number of hydrogen-bond donors (Lipinski definition) is 6. The van der Waals surface area contributed by atoms with E-state index in [-0.39, 0.29) is 25.7 Å². The Morgan fingerprint density at radius 2 is 1.15 bits per heavy atom. The second kappa shape index (κ2) is 39.1. The molecule has 0 aliphatic heterocycles. The summed E-state index contributed by atoms with van der Waals surface area (Å²) in [6.45, 7) is 2.24. The highest BCUT2D eigenvalue weighted by Gasteiger charge is 2.28. The van der Waals surface area contributed by atoms with E-state index in [0.29, 0.717) is 12.8 Å². The van der Waals surface area contributed by atoms with Crippen LogP contribution in [0.5, 0.6) is 0 Å². The minimum atomic E-state index is -4.82. The number of rotatable bonds is 38. The number of hydrogen-bond acceptors (Lipinski definition) is 12. The number of aliphatic hydroxyl groups is 3. The molecular formula is C46H74NO13P. The van der Waals surface area contributed by atoms with Gasteiger partial charge in [-0.25, -0.2) is 4.57 Å². The highest BCUT2D eigenvalue weighted by molar-refractivity contribution is 7.47. The summed E-state index contributed by atoms with van der Waals surface area (Å²) in [5, 5.41) is 39.3. The average Bonchev–Trinajstić information content (AvgIpc) is 3.22. The van der Waals surface area contributed by atoms with Gasteiger partial charge in [0.2, 0.25) is 0 Å². The Morgan fingerprint density at radius 3 is 1.75 bits per heavy atom. The standard InChI is InChI=1S/C46H74NO13P/c1-3-5-7-8-9-10-11-12-13-14-15-16-17-18-19-24-28-34-45(52)60-40(37-58-61(55,56)59-38-41(47)46(53)54)36-57-44(51)35-29-33-43(50)42(49)32-27-23-21-20-22-26-31-39(48)30-25-6-4-2/h9-10,12-13,15-16,18-23,26-27,31-32,39-43,48-50H,3-8,11,14,17,24-25,28-30,33-38,47H2,1-2H3,(H,53,54)(H,55,56)/b10-9-,13-12-,16-15-,19-18-,22-20-,23-21+,31-26+,32-27+/t39-,40-,41+,42-,43-/m1/s1. The van der Waals surface area contributed by atoms with Gasteiger partial charge in [0.1, 0.15) is 12.6 Å². The van der Waals surface area contributed by atoms with E-state index in [9.17, 15) is 39.2 Å². The van der Waals surface area contributed by atoms with Crippen LogP contribution in [0.1, 0.15) is 123 Å². The summed E-state index contributed by atoms with van der Waals surface area (Å²) in [7, 11) is -4.82. The van der Waals surface area contributed by atoms with Crippen molar-refractivity contribution in [2.24, 2.45) is 5.73 Å². The number of unbranched alkanes of at least 4 members (excludes halogenated alkanes) is 6. The van der Waals surface area contributed by atoms with Gasteiger partial charge < -0.3 is 40.5 Å². The molecule has 1 unspecified atom stereocenters. The van der Waals surface area contributed by atoms with Crippen molar-refractivity contribution in [2.75, 3.05) is 19.8 Å². The number of ether oxygens (including phenoxy) is 2. The zero-order valence-electron chi connectivity index (χ0n) is 36.3. The molecular weight excluding hydrogens is 805 g/mol. The monoisotopic (exact) mass is 879 g/mol. The van der Waals surface area contributed by atoms with Gasteiger partial charge in [-0.3, -0.25) is 23.4 Å². The number of carbonyl (C=O) groups excluding carboxylic acids is 2. The van der Waals surface area contributed by atoms with E-state index in [1.807, 2.05) is 12.2 Å². The lowest BCUT2D eigenvalue weighted by Crippen LogP contribution is -2.34. The third kappa shape index (κ3) is 37.7.